The Morgan fingerprint density at radius 3 is 2.24 bits per heavy atom. The van der Waals surface area contributed by atoms with Gasteiger partial charge in [0.05, 0.1) is 0 Å². The average molecular weight is 244 g/mol. The summed E-state index contributed by atoms with van der Waals surface area (Å²) in [5.41, 5.74) is -0.311. The summed E-state index contributed by atoms with van der Waals surface area (Å²) in [5.74, 6) is -0.990. The summed E-state index contributed by atoms with van der Waals surface area (Å²) in [5, 5.41) is 14.2. The van der Waals surface area contributed by atoms with Crippen molar-refractivity contribution in [3.05, 3.63) is 0 Å². The maximum Gasteiger partial charge on any atom is 0.326 e. The van der Waals surface area contributed by atoms with Gasteiger partial charge in [0.2, 0.25) is 0 Å². The molecule has 0 aliphatic carbocycles. The van der Waals surface area contributed by atoms with E-state index in [4.69, 9.17) is 5.11 Å². The molecule has 0 aromatic carbocycles. The number of hydrogen-bond donors (Lipinski definition) is 3. The number of hydrogen-bond acceptors (Lipinski definition) is 2. The van der Waals surface area contributed by atoms with Gasteiger partial charge in [-0.3, -0.25) is 0 Å². The molecule has 5 heteroatoms. The second-order valence-electron chi connectivity index (χ2n) is 4.91. The van der Waals surface area contributed by atoms with Gasteiger partial charge in [0.1, 0.15) is 6.04 Å². The molecule has 1 atom stereocenters. The first-order valence-corrected chi connectivity index (χ1v) is 6.14. The van der Waals surface area contributed by atoms with Crippen LogP contribution in [0.1, 0.15) is 53.4 Å². The zero-order valence-electron chi connectivity index (χ0n) is 11.2. The zero-order chi connectivity index (χ0) is 13.5. The minimum Gasteiger partial charge on any atom is -0.480 e. The fraction of sp³-hybridized carbons (Fsp3) is 0.833. The van der Waals surface area contributed by atoms with Crippen LogP contribution in [0.15, 0.2) is 0 Å². The summed E-state index contributed by atoms with van der Waals surface area (Å²) in [6.07, 6.45) is 2.98. The number of carboxylic acids is 1. The van der Waals surface area contributed by atoms with Gasteiger partial charge < -0.3 is 15.7 Å². The van der Waals surface area contributed by atoms with Crippen molar-refractivity contribution in [2.75, 3.05) is 0 Å². The molecular weight excluding hydrogens is 220 g/mol. The second-order valence-corrected chi connectivity index (χ2v) is 4.91. The lowest BCUT2D eigenvalue weighted by Gasteiger charge is -2.26. The largest absolute Gasteiger partial charge is 0.480 e. The molecule has 0 aliphatic heterocycles. The Kier molecular flexibility index (Phi) is 6.61. The van der Waals surface area contributed by atoms with Crippen molar-refractivity contribution in [3.63, 3.8) is 0 Å². The molecule has 17 heavy (non-hydrogen) atoms. The first-order chi connectivity index (χ1) is 7.82. The highest BCUT2D eigenvalue weighted by Gasteiger charge is 2.23. The Morgan fingerprint density at radius 2 is 1.82 bits per heavy atom. The van der Waals surface area contributed by atoms with E-state index in [0.29, 0.717) is 6.42 Å². The number of carbonyl (C=O) groups excluding carboxylic acids is 1. The van der Waals surface area contributed by atoms with Crippen LogP contribution in [0, 0.1) is 0 Å². The number of urea groups is 1. The lowest BCUT2D eigenvalue weighted by atomic mass is 9.99. The van der Waals surface area contributed by atoms with Crippen molar-refractivity contribution in [2.24, 2.45) is 0 Å². The normalized spacial score (nSPS) is 12.9. The van der Waals surface area contributed by atoms with E-state index in [-0.39, 0.29) is 5.54 Å². The van der Waals surface area contributed by atoms with Gasteiger partial charge in [-0.1, -0.05) is 26.7 Å². The topological polar surface area (TPSA) is 78.4 Å². The fourth-order valence-electron chi connectivity index (χ4n) is 1.74. The van der Waals surface area contributed by atoms with Crippen LogP contribution in [-0.2, 0) is 4.79 Å². The van der Waals surface area contributed by atoms with Crippen LogP contribution in [0.4, 0.5) is 4.79 Å². The number of carbonyl (C=O) groups is 2. The molecule has 0 heterocycles. The van der Waals surface area contributed by atoms with Gasteiger partial charge in [-0.2, -0.15) is 0 Å². The summed E-state index contributed by atoms with van der Waals surface area (Å²) >= 11 is 0. The molecule has 0 aliphatic rings. The van der Waals surface area contributed by atoms with Gasteiger partial charge in [-0.25, -0.2) is 9.59 Å². The molecule has 0 rings (SSSR count). The van der Waals surface area contributed by atoms with Crippen LogP contribution in [0.3, 0.4) is 0 Å². The predicted octanol–water partition coefficient (Wildman–Crippen LogP) is 2.12. The van der Waals surface area contributed by atoms with Crippen LogP contribution in [0.5, 0.6) is 0 Å². The summed E-state index contributed by atoms with van der Waals surface area (Å²) in [6.45, 7) is 7.77. The van der Waals surface area contributed by atoms with E-state index in [1.54, 1.807) is 0 Å². The van der Waals surface area contributed by atoms with Crippen molar-refractivity contribution >= 4 is 12.0 Å². The van der Waals surface area contributed by atoms with Gasteiger partial charge >= 0.3 is 12.0 Å². The molecule has 2 amide bonds. The molecule has 0 aromatic heterocycles. The van der Waals surface area contributed by atoms with Gasteiger partial charge in [0.15, 0.2) is 0 Å². The molecule has 0 bridgehead atoms. The third-order valence-corrected chi connectivity index (χ3v) is 2.51. The number of nitrogens with one attached hydrogen (secondary N) is 2. The molecule has 0 fully saturated rings. The Hall–Kier alpha value is -1.26. The highest BCUT2D eigenvalue weighted by molar-refractivity contribution is 5.82. The first kappa shape index (κ1) is 15.7. The van der Waals surface area contributed by atoms with Crippen molar-refractivity contribution in [1.29, 1.82) is 0 Å². The highest BCUT2D eigenvalue weighted by Crippen LogP contribution is 2.10. The standard InChI is InChI=1S/C12H24N2O3/c1-5-7-9(10(15)16)13-11(17)14-12(3,4)8-6-2/h9H,5-8H2,1-4H3,(H,15,16)(H2,13,14,17)/t9-/m1/s1. The van der Waals surface area contributed by atoms with E-state index in [1.807, 2.05) is 27.7 Å². The van der Waals surface area contributed by atoms with Crippen LogP contribution in [-0.4, -0.2) is 28.7 Å². The fourth-order valence-corrected chi connectivity index (χ4v) is 1.74. The summed E-state index contributed by atoms with van der Waals surface area (Å²) < 4.78 is 0. The molecule has 0 radical (unpaired) electrons. The van der Waals surface area contributed by atoms with Crippen LogP contribution >= 0.6 is 0 Å². The molecule has 100 valence electrons. The van der Waals surface area contributed by atoms with Crippen LogP contribution in [0.2, 0.25) is 0 Å². The van der Waals surface area contributed by atoms with Crippen molar-refractivity contribution in [1.82, 2.24) is 10.6 Å². The molecule has 0 saturated carbocycles. The summed E-state index contributed by atoms with van der Waals surface area (Å²) in [7, 11) is 0. The molecule has 5 nitrogen and oxygen atoms in total. The van der Waals surface area contributed by atoms with E-state index in [0.717, 1.165) is 19.3 Å². The Morgan fingerprint density at radius 1 is 1.24 bits per heavy atom. The Bertz CT molecular complexity index is 264. The average Bonchev–Trinajstić information content (AvgIpc) is 2.15. The third-order valence-electron chi connectivity index (χ3n) is 2.51. The molecule has 3 N–H and O–H groups in total. The van der Waals surface area contributed by atoms with E-state index in [9.17, 15) is 9.59 Å². The lowest BCUT2D eigenvalue weighted by molar-refractivity contribution is -0.139. The maximum atomic E-state index is 11.6. The maximum absolute atomic E-state index is 11.6. The van der Waals surface area contributed by atoms with Gasteiger partial charge in [-0.05, 0) is 26.7 Å². The van der Waals surface area contributed by atoms with Crippen LogP contribution in [0.25, 0.3) is 0 Å². The minimum absolute atomic E-state index is 0.311. The number of aliphatic carboxylic acids is 1. The van der Waals surface area contributed by atoms with Crippen molar-refractivity contribution in [3.8, 4) is 0 Å². The van der Waals surface area contributed by atoms with E-state index >= 15 is 0 Å². The molecule has 0 saturated heterocycles. The quantitative estimate of drug-likeness (QED) is 0.642. The first-order valence-electron chi connectivity index (χ1n) is 6.14. The smallest absolute Gasteiger partial charge is 0.326 e. The number of rotatable bonds is 7. The van der Waals surface area contributed by atoms with Crippen molar-refractivity contribution in [2.45, 2.75) is 65.0 Å². The van der Waals surface area contributed by atoms with E-state index in [2.05, 4.69) is 10.6 Å². The Balaban J connectivity index is 4.27. The van der Waals surface area contributed by atoms with E-state index < -0.39 is 18.0 Å². The molecule has 0 aromatic rings. The van der Waals surface area contributed by atoms with Crippen molar-refractivity contribution < 1.29 is 14.7 Å². The predicted molar refractivity (Wildman–Crippen MR) is 67.0 cm³/mol. The van der Waals surface area contributed by atoms with E-state index in [1.165, 1.54) is 0 Å². The Labute approximate surface area is 103 Å². The third kappa shape index (κ3) is 6.81. The molecular formula is C12H24N2O3. The molecule has 0 unspecified atom stereocenters. The SMILES string of the molecule is CCC[C@@H](NC(=O)NC(C)(C)CCC)C(=O)O. The summed E-state index contributed by atoms with van der Waals surface area (Å²) in [4.78, 5) is 22.5. The number of amides is 2. The lowest BCUT2D eigenvalue weighted by Crippen LogP contribution is -2.52. The molecule has 0 spiro atoms. The highest BCUT2D eigenvalue weighted by atomic mass is 16.4. The second kappa shape index (κ2) is 7.14. The van der Waals surface area contributed by atoms with Gasteiger partial charge in [0, 0.05) is 5.54 Å². The zero-order valence-corrected chi connectivity index (χ0v) is 11.2. The number of carboxylic acid groups (broad SMARTS) is 1. The monoisotopic (exact) mass is 244 g/mol. The van der Waals surface area contributed by atoms with Gasteiger partial charge in [0.25, 0.3) is 0 Å². The van der Waals surface area contributed by atoms with Gasteiger partial charge in [-0.15, -0.1) is 0 Å². The minimum atomic E-state index is -0.990. The van der Waals surface area contributed by atoms with Crippen LogP contribution < -0.4 is 10.6 Å². The summed E-state index contributed by atoms with van der Waals surface area (Å²) in [6, 6.07) is -1.22.